The maximum atomic E-state index is 13.2. The van der Waals surface area contributed by atoms with Crippen molar-refractivity contribution in [2.75, 3.05) is 19.6 Å². The van der Waals surface area contributed by atoms with Crippen LogP contribution in [0.4, 0.5) is 9.18 Å². The molecule has 0 atom stereocenters. The van der Waals surface area contributed by atoms with E-state index in [9.17, 15) is 18.8 Å². The normalized spacial score (nSPS) is 20.1. The summed E-state index contributed by atoms with van der Waals surface area (Å²) in [6.45, 7) is 1.12. The van der Waals surface area contributed by atoms with Crippen molar-refractivity contribution in [3.05, 3.63) is 40.6 Å². The van der Waals surface area contributed by atoms with E-state index in [-0.39, 0.29) is 17.4 Å². The summed E-state index contributed by atoms with van der Waals surface area (Å²) in [7, 11) is 0. The molecule has 24 heavy (non-hydrogen) atoms. The molecule has 0 unspecified atom stereocenters. The molecule has 0 saturated carbocycles. The van der Waals surface area contributed by atoms with Gasteiger partial charge in [-0.2, -0.15) is 0 Å². The number of hydrogen-bond acceptors (Lipinski definition) is 4. The summed E-state index contributed by atoms with van der Waals surface area (Å²) >= 11 is 0.776. The summed E-state index contributed by atoms with van der Waals surface area (Å²) in [6, 6.07) is 5.77. The van der Waals surface area contributed by atoms with Gasteiger partial charge >= 0.3 is 0 Å². The van der Waals surface area contributed by atoms with Crippen LogP contribution in [0.3, 0.4) is 0 Å². The zero-order chi connectivity index (χ0) is 17.1. The second kappa shape index (κ2) is 7.17. The Morgan fingerprint density at radius 1 is 1.21 bits per heavy atom. The quantitative estimate of drug-likeness (QED) is 0.788. The van der Waals surface area contributed by atoms with Gasteiger partial charge in [-0.1, -0.05) is 12.1 Å². The third-order valence-electron chi connectivity index (χ3n) is 4.02. The van der Waals surface area contributed by atoms with Crippen molar-refractivity contribution < 1.29 is 18.8 Å². The van der Waals surface area contributed by atoms with Crippen LogP contribution < -0.4 is 0 Å². The number of likely N-dealkylation sites (tertiary alicyclic amines) is 1. The van der Waals surface area contributed by atoms with Gasteiger partial charge in [0, 0.05) is 13.1 Å². The van der Waals surface area contributed by atoms with Crippen molar-refractivity contribution in [1.82, 2.24) is 9.80 Å². The Bertz CT molecular complexity index is 714. The number of rotatable bonds is 3. The van der Waals surface area contributed by atoms with Crippen molar-refractivity contribution in [1.29, 1.82) is 0 Å². The van der Waals surface area contributed by atoms with Crippen LogP contribution in [-0.4, -0.2) is 46.5 Å². The van der Waals surface area contributed by atoms with Crippen LogP contribution in [0.1, 0.15) is 24.8 Å². The highest BCUT2D eigenvalue weighted by Crippen LogP contribution is 2.32. The number of carbonyl (C=O) groups excluding carboxylic acids is 3. The van der Waals surface area contributed by atoms with E-state index in [1.807, 2.05) is 0 Å². The first-order chi connectivity index (χ1) is 11.5. The Hall–Kier alpha value is -2.15. The van der Waals surface area contributed by atoms with E-state index in [1.54, 1.807) is 11.0 Å². The number of benzene rings is 1. The molecule has 126 valence electrons. The summed E-state index contributed by atoms with van der Waals surface area (Å²) in [5, 5.41) is -0.465. The number of halogens is 1. The Kier molecular flexibility index (Phi) is 4.99. The molecule has 2 heterocycles. The molecular weight excluding hydrogens is 331 g/mol. The van der Waals surface area contributed by atoms with Gasteiger partial charge < -0.3 is 4.90 Å². The molecule has 5 nitrogen and oxygen atoms in total. The number of nitrogens with zero attached hydrogens (tertiary/aromatic N) is 2. The summed E-state index contributed by atoms with van der Waals surface area (Å²) in [5.41, 5.74) is 0.503. The van der Waals surface area contributed by atoms with Gasteiger partial charge in [0.15, 0.2) is 0 Å². The van der Waals surface area contributed by atoms with Crippen molar-refractivity contribution in [3.63, 3.8) is 0 Å². The molecule has 7 heteroatoms. The van der Waals surface area contributed by atoms with Crippen molar-refractivity contribution in [2.24, 2.45) is 0 Å². The van der Waals surface area contributed by atoms with Gasteiger partial charge in [0.05, 0.1) is 4.91 Å². The first kappa shape index (κ1) is 16.7. The highest BCUT2D eigenvalue weighted by Gasteiger charge is 2.37. The summed E-state index contributed by atoms with van der Waals surface area (Å²) in [6.07, 6.45) is 4.47. The number of piperidine rings is 1. The third-order valence-corrected chi connectivity index (χ3v) is 4.93. The lowest BCUT2D eigenvalue weighted by atomic mass is 10.1. The van der Waals surface area contributed by atoms with Gasteiger partial charge in [-0.15, -0.1) is 0 Å². The second-order valence-electron chi connectivity index (χ2n) is 5.76. The topological polar surface area (TPSA) is 57.7 Å². The number of carbonyl (C=O) groups is 3. The summed E-state index contributed by atoms with van der Waals surface area (Å²) in [5.74, 6) is -1.12. The predicted molar refractivity (Wildman–Crippen MR) is 89.5 cm³/mol. The predicted octanol–water partition coefficient (Wildman–Crippen LogP) is 2.87. The van der Waals surface area contributed by atoms with Crippen molar-refractivity contribution in [3.8, 4) is 0 Å². The van der Waals surface area contributed by atoms with Crippen LogP contribution in [0, 0.1) is 5.82 Å². The first-order valence-corrected chi connectivity index (χ1v) is 8.65. The molecule has 3 amide bonds. The zero-order valence-electron chi connectivity index (χ0n) is 13.0. The van der Waals surface area contributed by atoms with Crippen LogP contribution in [-0.2, 0) is 9.59 Å². The van der Waals surface area contributed by atoms with Gasteiger partial charge in [-0.3, -0.25) is 19.3 Å². The second-order valence-corrected chi connectivity index (χ2v) is 6.76. The molecule has 0 radical (unpaired) electrons. The molecule has 1 aromatic rings. The minimum atomic E-state index is -0.500. The Morgan fingerprint density at radius 2 is 1.96 bits per heavy atom. The Morgan fingerprint density at radius 3 is 2.67 bits per heavy atom. The van der Waals surface area contributed by atoms with Crippen LogP contribution in [0.5, 0.6) is 0 Å². The molecule has 0 spiro atoms. The Balaban J connectivity index is 1.71. The molecule has 1 aromatic carbocycles. The van der Waals surface area contributed by atoms with Crippen LogP contribution in [0.25, 0.3) is 6.08 Å². The van der Waals surface area contributed by atoms with E-state index < -0.39 is 17.0 Å². The lowest BCUT2D eigenvalue weighted by molar-refractivity contribution is -0.136. The monoisotopic (exact) mass is 348 g/mol. The van der Waals surface area contributed by atoms with Gasteiger partial charge in [-0.25, -0.2) is 4.39 Å². The summed E-state index contributed by atoms with van der Waals surface area (Å²) in [4.78, 5) is 39.6. The largest absolute Gasteiger partial charge is 0.341 e. The maximum absolute atomic E-state index is 13.2. The fraction of sp³-hybridized carbons (Fsp3) is 0.353. The molecule has 0 bridgehead atoms. The molecule has 0 aromatic heterocycles. The minimum Gasteiger partial charge on any atom is -0.341 e. The molecule has 0 N–H and O–H groups in total. The molecule has 3 rings (SSSR count). The molecule has 2 aliphatic heterocycles. The highest BCUT2D eigenvalue weighted by atomic mass is 32.2. The summed E-state index contributed by atoms with van der Waals surface area (Å²) < 4.78 is 13.2. The lowest BCUT2D eigenvalue weighted by Gasteiger charge is -2.27. The number of thioether (sulfide) groups is 1. The van der Waals surface area contributed by atoms with E-state index in [2.05, 4.69) is 0 Å². The van der Waals surface area contributed by atoms with E-state index >= 15 is 0 Å². The smallest absolute Gasteiger partial charge is 0.294 e. The molecule has 0 aliphatic carbocycles. The van der Waals surface area contributed by atoms with Crippen molar-refractivity contribution in [2.45, 2.75) is 19.3 Å². The SMILES string of the molecule is O=C(CN1C(=O)S/C(=C\c2cccc(F)c2)C1=O)N1CCCCC1. The minimum absolute atomic E-state index is 0.205. The van der Waals surface area contributed by atoms with E-state index in [0.29, 0.717) is 18.7 Å². The average Bonchev–Trinajstić information content (AvgIpc) is 2.83. The van der Waals surface area contributed by atoms with Gasteiger partial charge in [0.2, 0.25) is 5.91 Å². The van der Waals surface area contributed by atoms with Crippen LogP contribution in [0.15, 0.2) is 29.2 Å². The molecule has 2 aliphatic rings. The fourth-order valence-corrected chi connectivity index (χ4v) is 3.60. The lowest BCUT2D eigenvalue weighted by Crippen LogP contribution is -2.44. The van der Waals surface area contributed by atoms with Gasteiger partial charge in [-0.05, 0) is 54.8 Å². The molecule has 2 saturated heterocycles. The average molecular weight is 348 g/mol. The van der Waals surface area contributed by atoms with Crippen molar-refractivity contribution >= 4 is 34.9 Å². The highest BCUT2D eigenvalue weighted by molar-refractivity contribution is 8.18. The number of hydrogen-bond donors (Lipinski definition) is 0. The molecule has 2 fully saturated rings. The van der Waals surface area contributed by atoms with Crippen LogP contribution in [0.2, 0.25) is 0 Å². The third kappa shape index (κ3) is 3.67. The standard InChI is InChI=1S/C17H17FN2O3S/c18-13-6-4-5-12(9-13)10-14-16(22)20(17(23)24-14)11-15(21)19-7-2-1-3-8-19/h4-6,9-10H,1-3,7-8,11H2/b14-10-. The van der Waals surface area contributed by atoms with E-state index in [1.165, 1.54) is 24.3 Å². The molecular formula is C17H17FN2O3S. The maximum Gasteiger partial charge on any atom is 0.294 e. The van der Waals surface area contributed by atoms with Gasteiger partial charge in [0.1, 0.15) is 12.4 Å². The van der Waals surface area contributed by atoms with Gasteiger partial charge in [0.25, 0.3) is 11.1 Å². The van der Waals surface area contributed by atoms with E-state index in [0.717, 1.165) is 35.9 Å². The fourth-order valence-electron chi connectivity index (χ4n) is 2.76. The number of imide groups is 1. The van der Waals surface area contributed by atoms with Crippen LogP contribution >= 0.6 is 11.8 Å². The zero-order valence-corrected chi connectivity index (χ0v) is 13.9. The van der Waals surface area contributed by atoms with E-state index in [4.69, 9.17) is 0 Å². The first-order valence-electron chi connectivity index (χ1n) is 7.83. The number of amides is 3. The Labute approximate surface area is 143 Å².